The predicted molar refractivity (Wildman–Crippen MR) is 197 cm³/mol. The molecule has 0 bridgehead atoms. The highest BCUT2D eigenvalue weighted by molar-refractivity contribution is 5.71. The first-order chi connectivity index (χ1) is 23.0. The maximum Gasteiger partial charge on any atom is 0.306 e. The molecule has 0 saturated carbocycles. The first-order valence-electron chi connectivity index (χ1n) is 20.5. The van der Waals surface area contributed by atoms with Crippen molar-refractivity contribution in [3.63, 3.8) is 0 Å². The average Bonchev–Trinajstić information content (AvgIpc) is 3.06. The Bertz CT molecular complexity index is 693. The van der Waals surface area contributed by atoms with Crippen molar-refractivity contribution in [1.82, 2.24) is 0 Å². The van der Waals surface area contributed by atoms with E-state index in [9.17, 15) is 14.4 Å². The van der Waals surface area contributed by atoms with E-state index in [1.165, 1.54) is 128 Å². The maximum atomic E-state index is 12.5. The molecule has 0 fully saturated rings. The van der Waals surface area contributed by atoms with E-state index in [1.54, 1.807) is 0 Å². The standard InChI is InChI=1S/C41H78O6/c1-4-7-10-13-16-17-18-19-20-21-22-23-26-28-31-34-40(43)46-37-38(47-41(44)35-32-29-25-15-12-9-6-3)36-45-39(42)33-30-27-24-14-11-8-5-2/h38H,4-37H2,1-3H3/t38-/m0/s1. The molecule has 278 valence electrons. The molecular weight excluding hydrogens is 588 g/mol. The third-order valence-electron chi connectivity index (χ3n) is 9.11. The minimum atomic E-state index is -0.755. The normalized spacial score (nSPS) is 11.8. The van der Waals surface area contributed by atoms with Gasteiger partial charge in [0.25, 0.3) is 0 Å². The number of carbonyl (C=O) groups excluding carboxylic acids is 3. The number of unbranched alkanes of at least 4 members (excludes halogenated alkanes) is 26. The molecule has 0 aliphatic carbocycles. The Labute approximate surface area is 291 Å². The van der Waals surface area contributed by atoms with Gasteiger partial charge in [0, 0.05) is 19.3 Å². The summed E-state index contributed by atoms with van der Waals surface area (Å²) in [5.74, 6) is -0.872. The molecule has 0 spiro atoms. The molecule has 6 nitrogen and oxygen atoms in total. The van der Waals surface area contributed by atoms with Gasteiger partial charge < -0.3 is 14.2 Å². The van der Waals surface area contributed by atoms with Gasteiger partial charge in [-0.15, -0.1) is 0 Å². The highest BCUT2D eigenvalue weighted by Crippen LogP contribution is 2.15. The van der Waals surface area contributed by atoms with Crippen molar-refractivity contribution in [2.75, 3.05) is 13.2 Å². The van der Waals surface area contributed by atoms with Gasteiger partial charge in [0.05, 0.1) is 0 Å². The fraction of sp³-hybridized carbons (Fsp3) is 0.927. The van der Waals surface area contributed by atoms with Crippen LogP contribution in [0.5, 0.6) is 0 Å². The van der Waals surface area contributed by atoms with Gasteiger partial charge in [0.2, 0.25) is 0 Å². The van der Waals surface area contributed by atoms with Crippen molar-refractivity contribution in [1.29, 1.82) is 0 Å². The second-order valence-corrected chi connectivity index (χ2v) is 13.9. The monoisotopic (exact) mass is 667 g/mol. The van der Waals surface area contributed by atoms with Crippen molar-refractivity contribution >= 4 is 17.9 Å². The summed E-state index contributed by atoms with van der Waals surface area (Å²) in [7, 11) is 0. The van der Waals surface area contributed by atoms with Gasteiger partial charge in [-0.2, -0.15) is 0 Å². The Kier molecular flexibility index (Phi) is 36.0. The van der Waals surface area contributed by atoms with E-state index in [1.807, 2.05) is 0 Å². The van der Waals surface area contributed by atoms with Crippen LogP contribution in [0.3, 0.4) is 0 Å². The molecule has 47 heavy (non-hydrogen) atoms. The predicted octanol–water partition coefficient (Wildman–Crippen LogP) is 12.5. The summed E-state index contributed by atoms with van der Waals surface area (Å²) in [5.41, 5.74) is 0. The number of carbonyl (C=O) groups is 3. The SMILES string of the molecule is CCCCCCCCCCCCCCCCCC(=O)OC[C@H](COC(=O)CCCCCCCCC)OC(=O)CCCCCCCCC. The fourth-order valence-corrected chi connectivity index (χ4v) is 5.97. The van der Waals surface area contributed by atoms with Crippen molar-refractivity contribution < 1.29 is 28.6 Å². The van der Waals surface area contributed by atoms with Gasteiger partial charge >= 0.3 is 17.9 Å². The Morgan fingerprint density at radius 2 is 0.574 bits per heavy atom. The summed E-state index contributed by atoms with van der Waals surface area (Å²) >= 11 is 0. The lowest BCUT2D eigenvalue weighted by Gasteiger charge is -2.18. The molecule has 0 aliphatic rings. The highest BCUT2D eigenvalue weighted by Gasteiger charge is 2.19. The molecule has 0 aliphatic heterocycles. The fourth-order valence-electron chi connectivity index (χ4n) is 5.97. The van der Waals surface area contributed by atoms with Gasteiger partial charge in [-0.25, -0.2) is 0 Å². The minimum Gasteiger partial charge on any atom is -0.462 e. The van der Waals surface area contributed by atoms with Crippen LogP contribution in [0.15, 0.2) is 0 Å². The molecule has 0 aromatic rings. The zero-order valence-electron chi connectivity index (χ0n) is 31.6. The molecule has 0 rings (SSSR count). The number of rotatable bonds is 37. The van der Waals surface area contributed by atoms with Crippen LogP contribution in [0.1, 0.15) is 226 Å². The van der Waals surface area contributed by atoms with Crippen molar-refractivity contribution in [3.8, 4) is 0 Å². The van der Waals surface area contributed by atoms with Crippen LogP contribution in [-0.4, -0.2) is 37.2 Å². The second-order valence-electron chi connectivity index (χ2n) is 13.9. The van der Waals surface area contributed by atoms with Crippen LogP contribution in [-0.2, 0) is 28.6 Å². The van der Waals surface area contributed by atoms with Crippen LogP contribution in [0.4, 0.5) is 0 Å². The molecule has 1 atom stereocenters. The molecule has 0 N–H and O–H groups in total. The van der Waals surface area contributed by atoms with Crippen LogP contribution in [0.25, 0.3) is 0 Å². The van der Waals surface area contributed by atoms with E-state index < -0.39 is 6.10 Å². The van der Waals surface area contributed by atoms with Gasteiger partial charge in [-0.05, 0) is 19.3 Å². The summed E-state index contributed by atoms with van der Waals surface area (Å²) in [6.07, 6.45) is 35.3. The molecular formula is C41H78O6. The topological polar surface area (TPSA) is 78.9 Å². The second kappa shape index (κ2) is 37.2. The molecule has 0 unspecified atom stereocenters. The van der Waals surface area contributed by atoms with Gasteiger partial charge in [0.15, 0.2) is 6.10 Å². The first kappa shape index (κ1) is 45.4. The number of esters is 3. The average molecular weight is 667 g/mol. The van der Waals surface area contributed by atoms with Crippen LogP contribution in [0, 0.1) is 0 Å². The van der Waals surface area contributed by atoms with Gasteiger partial charge in [-0.1, -0.05) is 188 Å². The lowest BCUT2D eigenvalue weighted by Crippen LogP contribution is -2.30. The Hall–Kier alpha value is -1.59. The molecule has 0 aromatic carbocycles. The van der Waals surface area contributed by atoms with Gasteiger partial charge in [0.1, 0.15) is 13.2 Å². The molecule has 0 heterocycles. The van der Waals surface area contributed by atoms with E-state index in [4.69, 9.17) is 14.2 Å². The van der Waals surface area contributed by atoms with E-state index in [0.29, 0.717) is 19.3 Å². The van der Waals surface area contributed by atoms with E-state index >= 15 is 0 Å². The Morgan fingerprint density at radius 3 is 0.851 bits per heavy atom. The molecule has 0 amide bonds. The summed E-state index contributed by atoms with van der Waals surface area (Å²) in [4.78, 5) is 37.3. The smallest absolute Gasteiger partial charge is 0.306 e. The lowest BCUT2D eigenvalue weighted by molar-refractivity contribution is -0.167. The largest absolute Gasteiger partial charge is 0.462 e. The molecule has 6 heteroatoms. The Balaban J connectivity index is 4.19. The zero-order chi connectivity index (χ0) is 34.5. The third kappa shape index (κ3) is 35.5. The lowest BCUT2D eigenvalue weighted by atomic mass is 10.0. The molecule has 0 aromatic heterocycles. The summed E-state index contributed by atoms with van der Waals surface area (Å²) in [6, 6.07) is 0. The van der Waals surface area contributed by atoms with Crippen LogP contribution in [0.2, 0.25) is 0 Å². The van der Waals surface area contributed by atoms with E-state index in [-0.39, 0.29) is 31.1 Å². The summed E-state index contributed by atoms with van der Waals surface area (Å²) < 4.78 is 16.5. The quantitative estimate of drug-likeness (QED) is 0.0373. The number of hydrogen-bond donors (Lipinski definition) is 0. The van der Waals surface area contributed by atoms with Crippen LogP contribution < -0.4 is 0 Å². The van der Waals surface area contributed by atoms with Crippen LogP contribution >= 0.6 is 0 Å². The van der Waals surface area contributed by atoms with Crippen molar-refractivity contribution in [3.05, 3.63) is 0 Å². The zero-order valence-corrected chi connectivity index (χ0v) is 31.6. The summed E-state index contributed by atoms with van der Waals surface area (Å²) in [5, 5.41) is 0. The van der Waals surface area contributed by atoms with Gasteiger partial charge in [-0.3, -0.25) is 14.4 Å². The first-order valence-corrected chi connectivity index (χ1v) is 20.5. The molecule has 0 saturated heterocycles. The highest BCUT2D eigenvalue weighted by atomic mass is 16.6. The minimum absolute atomic E-state index is 0.0644. The Morgan fingerprint density at radius 1 is 0.340 bits per heavy atom. The van der Waals surface area contributed by atoms with Crippen molar-refractivity contribution in [2.24, 2.45) is 0 Å². The number of ether oxygens (including phenoxy) is 3. The third-order valence-corrected chi connectivity index (χ3v) is 9.11. The van der Waals surface area contributed by atoms with Crippen molar-refractivity contribution in [2.45, 2.75) is 232 Å². The molecule has 0 radical (unpaired) electrons. The maximum absolute atomic E-state index is 12.5. The number of hydrogen-bond acceptors (Lipinski definition) is 6. The summed E-state index contributed by atoms with van der Waals surface area (Å²) in [6.45, 7) is 6.55. The van der Waals surface area contributed by atoms with E-state index in [2.05, 4.69) is 20.8 Å². The van der Waals surface area contributed by atoms with E-state index in [0.717, 1.165) is 57.8 Å².